The van der Waals surface area contributed by atoms with Gasteiger partial charge < -0.3 is 15.0 Å². The van der Waals surface area contributed by atoms with Gasteiger partial charge in [-0.05, 0) is 11.8 Å². The van der Waals surface area contributed by atoms with Crippen molar-refractivity contribution in [3.8, 4) is 5.75 Å². The van der Waals surface area contributed by atoms with E-state index in [2.05, 4.69) is 0 Å². The molecule has 0 atom stereocenters. The molecular weight excluding hydrogens is 178 g/mol. The Balaban J connectivity index is 3.43. The van der Waals surface area contributed by atoms with Crippen LogP contribution >= 0.6 is 0 Å². The summed E-state index contributed by atoms with van der Waals surface area (Å²) in [7, 11) is 0. The molecule has 0 aromatic heterocycles. The molecule has 1 aromatic rings. The van der Waals surface area contributed by atoms with E-state index in [4.69, 9.17) is 0 Å². The van der Waals surface area contributed by atoms with Crippen molar-refractivity contribution in [1.29, 1.82) is 0 Å². The topological polar surface area (TPSA) is 106 Å². The van der Waals surface area contributed by atoms with Crippen LogP contribution in [0, 0.1) is 10.1 Å². The molecule has 0 fully saturated rings. The molecule has 0 radical (unpaired) electrons. The van der Waals surface area contributed by atoms with Crippen molar-refractivity contribution in [3.05, 3.63) is 33.9 Å². The number of hydrogen-bond acceptors (Lipinski definition) is 5. The molecule has 13 heavy (non-hydrogen) atoms. The number of nitro groups is 1. The Hall–Kier alpha value is -2.11. The summed E-state index contributed by atoms with van der Waals surface area (Å²) in [5.41, 5.74) is -1.65. The van der Waals surface area contributed by atoms with E-state index >= 15 is 0 Å². The quantitative estimate of drug-likeness (QED) is 0.431. The zero-order chi connectivity index (χ0) is 10.0. The lowest BCUT2D eigenvalue weighted by Gasteiger charge is -2.10. The Morgan fingerprint density at radius 1 is 1.38 bits per heavy atom. The Morgan fingerprint density at radius 3 is 2.38 bits per heavy atom. The summed E-state index contributed by atoms with van der Waals surface area (Å²) < 4.78 is 0. The van der Waals surface area contributed by atoms with Gasteiger partial charge in [-0.25, -0.2) is 0 Å². The zero-order valence-corrected chi connectivity index (χ0v) is 6.22. The highest BCUT2D eigenvalue weighted by atomic mass is 16.6. The lowest BCUT2D eigenvalue weighted by atomic mass is 10.1. The summed E-state index contributed by atoms with van der Waals surface area (Å²) in [4.78, 5) is 19.6. The predicted molar refractivity (Wildman–Crippen MR) is 36.9 cm³/mol. The number of hydrogen-bond donors (Lipinski definition) is 0. The first-order valence-electron chi connectivity index (χ1n) is 3.20. The molecule has 6 heteroatoms. The second kappa shape index (κ2) is 3.10. The molecule has 0 spiro atoms. The number of nitro benzene ring substituents is 1. The Morgan fingerprint density at radius 2 is 2.00 bits per heavy atom. The first kappa shape index (κ1) is 8.98. The standard InChI is InChI=1S/C7H5NO5/c9-5-3-1-2-4(7(10)11)6(5)8(12)13/h1-3,9H,(H,10,11)/p-2. The Bertz CT molecular complexity index is 373. The fraction of sp³-hybridized carbons (Fsp3) is 0. The van der Waals surface area contributed by atoms with E-state index in [1.807, 2.05) is 0 Å². The molecule has 0 N–H and O–H groups in total. The number of carboxylic acid groups (broad SMARTS) is 1. The summed E-state index contributed by atoms with van der Waals surface area (Å²) in [6.45, 7) is 0. The van der Waals surface area contributed by atoms with Gasteiger partial charge in [0.2, 0.25) is 0 Å². The van der Waals surface area contributed by atoms with E-state index in [9.17, 15) is 25.1 Å². The second-order valence-electron chi connectivity index (χ2n) is 2.20. The van der Waals surface area contributed by atoms with Crippen LogP contribution in [0.3, 0.4) is 0 Å². The summed E-state index contributed by atoms with van der Waals surface area (Å²) in [5.74, 6) is -2.67. The molecule has 0 saturated carbocycles. The molecule has 1 rings (SSSR count). The molecule has 6 nitrogen and oxygen atoms in total. The second-order valence-corrected chi connectivity index (χ2v) is 2.20. The van der Waals surface area contributed by atoms with Gasteiger partial charge in [0.15, 0.2) is 0 Å². The van der Waals surface area contributed by atoms with Crippen LogP contribution in [-0.2, 0) is 0 Å². The molecule has 0 heterocycles. The Kier molecular flexibility index (Phi) is 2.14. The molecule has 0 bridgehead atoms. The minimum absolute atomic E-state index is 0.697. The molecule has 0 amide bonds. The van der Waals surface area contributed by atoms with Crippen molar-refractivity contribution >= 4 is 11.7 Å². The lowest BCUT2D eigenvalue weighted by Crippen LogP contribution is -2.23. The van der Waals surface area contributed by atoms with Crippen LogP contribution in [0.5, 0.6) is 5.75 Å². The van der Waals surface area contributed by atoms with E-state index in [0.717, 1.165) is 18.2 Å². The molecule has 0 saturated heterocycles. The van der Waals surface area contributed by atoms with Crippen LogP contribution in [0.2, 0.25) is 0 Å². The maximum absolute atomic E-state index is 10.9. The zero-order valence-electron chi connectivity index (χ0n) is 6.22. The molecule has 0 aliphatic heterocycles. The summed E-state index contributed by atoms with van der Waals surface area (Å²) in [6, 6.07) is 3.00. The number of carbonyl (C=O) groups is 1. The largest absolute Gasteiger partial charge is 0.868 e. The van der Waals surface area contributed by atoms with Crippen molar-refractivity contribution < 1.29 is 19.9 Å². The van der Waals surface area contributed by atoms with E-state index < -0.39 is 27.9 Å². The number of carboxylic acids is 1. The van der Waals surface area contributed by atoms with Crippen LogP contribution in [0.4, 0.5) is 5.69 Å². The monoisotopic (exact) mass is 181 g/mol. The summed E-state index contributed by atoms with van der Waals surface area (Å²) >= 11 is 0. The van der Waals surface area contributed by atoms with Crippen LogP contribution in [0.1, 0.15) is 10.4 Å². The van der Waals surface area contributed by atoms with Crippen molar-refractivity contribution in [2.75, 3.05) is 0 Å². The maximum atomic E-state index is 10.9. The first-order valence-corrected chi connectivity index (χ1v) is 3.20. The van der Waals surface area contributed by atoms with Gasteiger partial charge >= 0.3 is 0 Å². The summed E-state index contributed by atoms with van der Waals surface area (Å²) in [5, 5.41) is 31.4. The average molecular weight is 181 g/mol. The molecule has 68 valence electrons. The number of carbonyl (C=O) groups excluding carboxylic acids is 1. The molecule has 1 aromatic carbocycles. The molecular formula is C7H3NO5-2. The van der Waals surface area contributed by atoms with Crippen molar-refractivity contribution in [2.45, 2.75) is 0 Å². The van der Waals surface area contributed by atoms with Crippen LogP contribution < -0.4 is 10.2 Å². The number of benzene rings is 1. The van der Waals surface area contributed by atoms with Gasteiger partial charge in [0.25, 0.3) is 5.69 Å². The summed E-state index contributed by atoms with van der Waals surface area (Å²) in [6.07, 6.45) is 0. The van der Waals surface area contributed by atoms with Gasteiger partial charge in [-0.3, -0.25) is 10.1 Å². The highest BCUT2D eigenvalue weighted by Crippen LogP contribution is 2.26. The first-order chi connectivity index (χ1) is 6.04. The van der Waals surface area contributed by atoms with Crippen molar-refractivity contribution in [2.24, 2.45) is 0 Å². The van der Waals surface area contributed by atoms with E-state index in [-0.39, 0.29) is 0 Å². The van der Waals surface area contributed by atoms with Gasteiger partial charge in [0.1, 0.15) is 0 Å². The fourth-order valence-corrected chi connectivity index (χ4v) is 0.875. The maximum Gasteiger partial charge on any atom is 0.270 e. The molecule has 0 aliphatic rings. The van der Waals surface area contributed by atoms with Crippen LogP contribution in [0.15, 0.2) is 18.2 Å². The number of para-hydroxylation sites is 1. The normalized spacial score (nSPS) is 9.54. The van der Waals surface area contributed by atoms with Gasteiger partial charge in [0, 0.05) is 0 Å². The minimum atomic E-state index is -1.73. The Labute approximate surface area is 72.2 Å². The van der Waals surface area contributed by atoms with Crippen molar-refractivity contribution in [3.63, 3.8) is 0 Å². The number of aromatic carboxylic acids is 1. The fourth-order valence-electron chi connectivity index (χ4n) is 0.875. The molecule has 0 aliphatic carbocycles. The average Bonchev–Trinajstić information content (AvgIpc) is 2.02. The molecule has 0 unspecified atom stereocenters. The van der Waals surface area contributed by atoms with Gasteiger partial charge in [-0.15, -0.1) is 0 Å². The predicted octanol–water partition coefficient (Wildman–Crippen LogP) is -0.968. The van der Waals surface area contributed by atoms with E-state index in [0.29, 0.717) is 0 Å². The van der Waals surface area contributed by atoms with Crippen LogP contribution in [0.25, 0.3) is 0 Å². The highest BCUT2D eigenvalue weighted by molar-refractivity contribution is 5.91. The third kappa shape index (κ3) is 1.56. The van der Waals surface area contributed by atoms with Crippen LogP contribution in [-0.4, -0.2) is 10.9 Å². The third-order valence-electron chi connectivity index (χ3n) is 1.40. The SMILES string of the molecule is O=C([O-])c1cccc([O-])c1[N+](=O)[O-]. The highest BCUT2D eigenvalue weighted by Gasteiger charge is 2.14. The van der Waals surface area contributed by atoms with Gasteiger partial charge in [-0.2, -0.15) is 0 Å². The van der Waals surface area contributed by atoms with E-state index in [1.165, 1.54) is 0 Å². The minimum Gasteiger partial charge on any atom is -0.868 e. The van der Waals surface area contributed by atoms with Crippen molar-refractivity contribution in [1.82, 2.24) is 0 Å². The van der Waals surface area contributed by atoms with E-state index in [1.54, 1.807) is 0 Å². The smallest absolute Gasteiger partial charge is 0.270 e. The number of rotatable bonds is 2. The third-order valence-corrected chi connectivity index (χ3v) is 1.40. The number of nitrogens with zero attached hydrogens (tertiary/aromatic N) is 1. The van der Waals surface area contributed by atoms with Gasteiger partial charge in [-0.1, -0.05) is 12.1 Å². The lowest BCUT2D eigenvalue weighted by molar-refractivity contribution is -0.399. The van der Waals surface area contributed by atoms with Gasteiger partial charge in [0.05, 0.1) is 16.5 Å².